The third-order valence-corrected chi connectivity index (χ3v) is 2.72. The van der Waals surface area contributed by atoms with Gasteiger partial charge in [0.25, 0.3) is 0 Å². The van der Waals surface area contributed by atoms with Gasteiger partial charge in [0, 0.05) is 20.1 Å². The van der Waals surface area contributed by atoms with E-state index in [0.717, 1.165) is 24.6 Å². The summed E-state index contributed by atoms with van der Waals surface area (Å²) in [6, 6.07) is 4.17. The standard InChI is InChI=1S/C11H17N3.C2H6/c1-12-10-5-6-11(13-9-10)14-7-3-2-4-8-14;1-2/h5-6,9,12H,2-4,7-8H2,1H3;1-2H3. The van der Waals surface area contributed by atoms with E-state index in [1.807, 2.05) is 27.1 Å². The van der Waals surface area contributed by atoms with Gasteiger partial charge in [-0.05, 0) is 31.4 Å². The number of aromatic nitrogens is 1. The molecule has 1 fully saturated rings. The lowest BCUT2D eigenvalue weighted by atomic mass is 10.1. The van der Waals surface area contributed by atoms with Crippen LogP contribution < -0.4 is 10.2 Å². The molecule has 90 valence electrons. The molecule has 0 unspecified atom stereocenters. The van der Waals surface area contributed by atoms with Crippen LogP contribution in [-0.4, -0.2) is 25.1 Å². The molecular weight excluding hydrogens is 198 g/mol. The topological polar surface area (TPSA) is 28.2 Å². The van der Waals surface area contributed by atoms with E-state index < -0.39 is 0 Å². The molecule has 1 aromatic heterocycles. The maximum atomic E-state index is 4.44. The van der Waals surface area contributed by atoms with Crippen LogP contribution in [0.15, 0.2) is 18.3 Å². The van der Waals surface area contributed by atoms with Gasteiger partial charge in [0.05, 0.1) is 11.9 Å². The van der Waals surface area contributed by atoms with Gasteiger partial charge in [-0.2, -0.15) is 0 Å². The van der Waals surface area contributed by atoms with Crippen molar-refractivity contribution in [2.75, 3.05) is 30.4 Å². The second kappa shape index (κ2) is 7.09. The summed E-state index contributed by atoms with van der Waals surface area (Å²) in [4.78, 5) is 6.80. The summed E-state index contributed by atoms with van der Waals surface area (Å²) in [5.41, 5.74) is 1.07. The van der Waals surface area contributed by atoms with Crippen molar-refractivity contribution in [1.82, 2.24) is 4.98 Å². The minimum Gasteiger partial charge on any atom is -0.387 e. The van der Waals surface area contributed by atoms with Crippen molar-refractivity contribution in [3.8, 4) is 0 Å². The number of nitrogens with one attached hydrogen (secondary N) is 1. The van der Waals surface area contributed by atoms with Crippen LogP contribution in [0.1, 0.15) is 33.1 Å². The molecule has 0 spiro atoms. The molecule has 0 amide bonds. The second-order valence-corrected chi connectivity index (χ2v) is 3.70. The van der Waals surface area contributed by atoms with Gasteiger partial charge >= 0.3 is 0 Å². The SMILES string of the molecule is CC.CNc1ccc(N2CCCCC2)nc1. The summed E-state index contributed by atoms with van der Waals surface area (Å²) in [6.07, 6.45) is 5.86. The molecule has 16 heavy (non-hydrogen) atoms. The van der Waals surface area contributed by atoms with E-state index in [1.54, 1.807) is 0 Å². The maximum Gasteiger partial charge on any atom is 0.128 e. The predicted octanol–water partition coefficient (Wildman–Crippen LogP) is 3.14. The van der Waals surface area contributed by atoms with Crippen molar-refractivity contribution in [2.45, 2.75) is 33.1 Å². The van der Waals surface area contributed by atoms with Gasteiger partial charge in [-0.1, -0.05) is 13.8 Å². The van der Waals surface area contributed by atoms with E-state index in [2.05, 4.69) is 27.3 Å². The fourth-order valence-corrected chi connectivity index (χ4v) is 1.84. The van der Waals surface area contributed by atoms with Gasteiger partial charge in [0.2, 0.25) is 0 Å². The fourth-order valence-electron chi connectivity index (χ4n) is 1.84. The number of nitrogens with zero attached hydrogens (tertiary/aromatic N) is 2. The van der Waals surface area contributed by atoms with Crippen molar-refractivity contribution in [3.05, 3.63) is 18.3 Å². The van der Waals surface area contributed by atoms with Crippen LogP contribution in [-0.2, 0) is 0 Å². The van der Waals surface area contributed by atoms with E-state index in [9.17, 15) is 0 Å². The monoisotopic (exact) mass is 221 g/mol. The van der Waals surface area contributed by atoms with E-state index in [1.165, 1.54) is 19.3 Å². The average Bonchev–Trinajstić information content (AvgIpc) is 2.42. The molecule has 2 rings (SSSR count). The number of pyridine rings is 1. The van der Waals surface area contributed by atoms with Gasteiger partial charge in [0.1, 0.15) is 5.82 Å². The zero-order valence-electron chi connectivity index (χ0n) is 10.7. The molecule has 0 aliphatic carbocycles. The van der Waals surface area contributed by atoms with Crippen LogP contribution >= 0.6 is 0 Å². The minimum atomic E-state index is 1.07. The molecule has 3 heteroatoms. The molecule has 1 saturated heterocycles. The summed E-state index contributed by atoms with van der Waals surface area (Å²) in [7, 11) is 1.91. The van der Waals surface area contributed by atoms with Crippen molar-refractivity contribution in [2.24, 2.45) is 0 Å². The zero-order valence-corrected chi connectivity index (χ0v) is 10.7. The third kappa shape index (κ3) is 3.40. The summed E-state index contributed by atoms with van der Waals surface area (Å²) < 4.78 is 0. The molecule has 1 aromatic rings. The van der Waals surface area contributed by atoms with Crippen LogP contribution in [0.5, 0.6) is 0 Å². The smallest absolute Gasteiger partial charge is 0.128 e. The summed E-state index contributed by atoms with van der Waals surface area (Å²) in [6.45, 7) is 6.32. The summed E-state index contributed by atoms with van der Waals surface area (Å²) in [5.74, 6) is 1.11. The molecule has 2 heterocycles. The quantitative estimate of drug-likeness (QED) is 0.831. The van der Waals surface area contributed by atoms with Crippen molar-refractivity contribution in [1.29, 1.82) is 0 Å². The van der Waals surface area contributed by atoms with Crippen LogP contribution in [0.2, 0.25) is 0 Å². The Morgan fingerprint density at radius 3 is 2.31 bits per heavy atom. The van der Waals surface area contributed by atoms with E-state index in [0.29, 0.717) is 0 Å². The number of hydrogen-bond donors (Lipinski definition) is 1. The molecule has 1 aliphatic heterocycles. The lowest BCUT2D eigenvalue weighted by Gasteiger charge is -2.27. The Hall–Kier alpha value is -1.25. The number of anilines is 2. The maximum absolute atomic E-state index is 4.44. The molecule has 0 saturated carbocycles. The molecular formula is C13H23N3. The Morgan fingerprint density at radius 1 is 1.12 bits per heavy atom. The zero-order chi connectivity index (χ0) is 11.8. The van der Waals surface area contributed by atoms with E-state index in [4.69, 9.17) is 0 Å². The molecule has 0 atom stereocenters. The highest BCUT2D eigenvalue weighted by atomic mass is 15.2. The molecule has 1 N–H and O–H groups in total. The number of piperidine rings is 1. The first-order valence-electron chi connectivity index (χ1n) is 6.29. The largest absolute Gasteiger partial charge is 0.387 e. The van der Waals surface area contributed by atoms with Gasteiger partial charge < -0.3 is 10.2 Å². The highest BCUT2D eigenvalue weighted by Gasteiger charge is 2.11. The predicted molar refractivity (Wildman–Crippen MR) is 71.2 cm³/mol. The second-order valence-electron chi connectivity index (χ2n) is 3.70. The summed E-state index contributed by atoms with van der Waals surface area (Å²) >= 11 is 0. The molecule has 0 radical (unpaired) electrons. The molecule has 0 aromatic carbocycles. The Labute approximate surface area is 98.9 Å². The van der Waals surface area contributed by atoms with Crippen LogP contribution in [0.25, 0.3) is 0 Å². The summed E-state index contributed by atoms with van der Waals surface area (Å²) in [5, 5.41) is 3.08. The third-order valence-electron chi connectivity index (χ3n) is 2.72. The van der Waals surface area contributed by atoms with Gasteiger partial charge in [-0.3, -0.25) is 0 Å². The average molecular weight is 221 g/mol. The van der Waals surface area contributed by atoms with Gasteiger partial charge in [0.15, 0.2) is 0 Å². The van der Waals surface area contributed by atoms with Crippen LogP contribution in [0.4, 0.5) is 11.5 Å². The van der Waals surface area contributed by atoms with E-state index >= 15 is 0 Å². The lowest BCUT2D eigenvalue weighted by Crippen LogP contribution is -2.29. The van der Waals surface area contributed by atoms with Crippen LogP contribution in [0, 0.1) is 0 Å². The minimum absolute atomic E-state index is 1.07. The van der Waals surface area contributed by atoms with Crippen LogP contribution in [0.3, 0.4) is 0 Å². The van der Waals surface area contributed by atoms with E-state index in [-0.39, 0.29) is 0 Å². The Kier molecular flexibility index (Phi) is 5.68. The van der Waals surface area contributed by atoms with Crippen molar-refractivity contribution >= 4 is 11.5 Å². The normalized spacial score (nSPS) is 15.1. The van der Waals surface area contributed by atoms with Gasteiger partial charge in [-0.15, -0.1) is 0 Å². The Morgan fingerprint density at radius 2 is 1.81 bits per heavy atom. The highest BCUT2D eigenvalue weighted by molar-refractivity contribution is 5.48. The van der Waals surface area contributed by atoms with Crippen molar-refractivity contribution < 1.29 is 0 Å². The Bertz CT molecular complexity index is 276. The molecule has 3 nitrogen and oxygen atoms in total. The number of hydrogen-bond acceptors (Lipinski definition) is 3. The molecule has 0 bridgehead atoms. The Balaban J connectivity index is 0.000000606. The molecule has 1 aliphatic rings. The lowest BCUT2D eigenvalue weighted by molar-refractivity contribution is 0.573. The first-order chi connectivity index (χ1) is 7.90. The highest BCUT2D eigenvalue weighted by Crippen LogP contribution is 2.18. The van der Waals surface area contributed by atoms with Gasteiger partial charge in [-0.25, -0.2) is 4.98 Å². The first-order valence-corrected chi connectivity index (χ1v) is 6.29. The fraction of sp³-hybridized carbons (Fsp3) is 0.615. The first kappa shape index (κ1) is 12.8. The number of rotatable bonds is 2. The van der Waals surface area contributed by atoms with Crippen molar-refractivity contribution in [3.63, 3.8) is 0 Å².